The standard InChI is InChI=1S/C29H31N3O3/c1-16-30-24(18-5-3-2-4-6-18)20-14-29(34)22-13-19-9-10-21(33)26-23(19)28(29,27(35-26)25(20)31-16)11-12-32(22)15-17-7-8-17/h2-6,9-10,17,22,24,27,33-34H,7-8,11-15H2,1H3,(H,30,31)/t22-,24?,27-,28-,29+/m0/s1. The van der Waals surface area contributed by atoms with Gasteiger partial charge in [0.15, 0.2) is 17.6 Å². The highest BCUT2D eigenvalue weighted by molar-refractivity contribution is 5.84. The monoisotopic (exact) mass is 469 g/mol. The highest BCUT2D eigenvalue weighted by atomic mass is 16.5. The minimum atomic E-state index is -0.981. The Balaban J connectivity index is 1.35. The minimum absolute atomic E-state index is 0.0309. The van der Waals surface area contributed by atoms with E-state index in [0.29, 0.717) is 12.2 Å². The molecular weight excluding hydrogens is 438 g/mol. The Morgan fingerprint density at radius 1 is 1.17 bits per heavy atom. The average Bonchev–Trinajstić information content (AvgIpc) is 3.59. The van der Waals surface area contributed by atoms with Gasteiger partial charge in [-0.15, -0.1) is 0 Å². The van der Waals surface area contributed by atoms with Crippen LogP contribution >= 0.6 is 0 Å². The van der Waals surface area contributed by atoms with Crippen LogP contribution in [0.1, 0.15) is 55.3 Å². The number of amidine groups is 1. The van der Waals surface area contributed by atoms with Crippen molar-refractivity contribution < 1.29 is 14.9 Å². The number of likely N-dealkylation sites (tertiary alicyclic amines) is 1. The fraction of sp³-hybridized carbons (Fsp3) is 0.483. The van der Waals surface area contributed by atoms with Crippen LogP contribution in [0.15, 0.2) is 58.7 Å². The Hall–Kier alpha value is -2.83. The smallest absolute Gasteiger partial charge is 0.166 e. The number of nitrogens with zero attached hydrogens (tertiary/aromatic N) is 2. The van der Waals surface area contributed by atoms with E-state index in [-0.39, 0.29) is 23.9 Å². The summed E-state index contributed by atoms with van der Waals surface area (Å²) in [6.45, 7) is 4.03. The summed E-state index contributed by atoms with van der Waals surface area (Å²) in [5, 5.41) is 27.4. The number of aliphatic imine (C=N–C) groups is 1. The maximum absolute atomic E-state index is 13.0. The van der Waals surface area contributed by atoms with E-state index in [0.717, 1.165) is 60.1 Å². The summed E-state index contributed by atoms with van der Waals surface area (Å²) >= 11 is 0. The zero-order chi connectivity index (χ0) is 23.5. The summed E-state index contributed by atoms with van der Waals surface area (Å²) in [6.07, 6.45) is 4.42. The van der Waals surface area contributed by atoms with E-state index in [9.17, 15) is 10.2 Å². The van der Waals surface area contributed by atoms with Crippen molar-refractivity contribution in [3.8, 4) is 11.5 Å². The number of aliphatic hydroxyl groups is 1. The van der Waals surface area contributed by atoms with Gasteiger partial charge in [0.25, 0.3) is 0 Å². The molecule has 3 heterocycles. The molecule has 6 heteroatoms. The summed E-state index contributed by atoms with van der Waals surface area (Å²) in [6, 6.07) is 14.1. The second-order valence-electron chi connectivity index (χ2n) is 11.5. The number of nitrogens with one attached hydrogen (secondary N) is 1. The maximum atomic E-state index is 13.0. The molecule has 2 fully saturated rings. The summed E-state index contributed by atoms with van der Waals surface area (Å²) in [7, 11) is 0. The molecule has 2 bridgehead atoms. The molecule has 0 amide bonds. The van der Waals surface area contributed by atoms with E-state index in [1.165, 1.54) is 18.4 Å². The molecule has 0 radical (unpaired) electrons. The maximum Gasteiger partial charge on any atom is 0.166 e. The van der Waals surface area contributed by atoms with Crippen LogP contribution in [-0.2, 0) is 11.8 Å². The molecule has 3 aliphatic heterocycles. The van der Waals surface area contributed by atoms with Crippen LogP contribution in [0.4, 0.5) is 0 Å². The van der Waals surface area contributed by atoms with Gasteiger partial charge in [-0.25, -0.2) is 0 Å². The third-order valence-corrected chi connectivity index (χ3v) is 9.67. The van der Waals surface area contributed by atoms with Crippen LogP contribution in [0.2, 0.25) is 0 Å². The molecule has 2 aromatic carbocycles. The Morgan fingerprint density at radius 2 is 2.00 bits per heavy atom. The molecule has 180 valence electrons. The van der Waals surface area contributed by atoms with E-state index in [1.54, 1.807) is 6.07 Å². The first kappa shape index (κ1) is 20.4. The summed E-state index contributed by atoms with van der Waals surface area (Å²) in [5.41, 5.74) is 4.02. The quantitative estimate of drug-likeness (QED) is 0.641. The van der Waals surface area contributed by atoms with Crippen LogP contribution in [0.5, 0.6) is 11.5 Å². The molecule has 3 N–H and O–H groups in total. The topological polar surface area (TPSA) is 77.3 Å². The normalized spacial score (nSPS) is 36.6. The number of hydrogen-bond donors (Lipinski definition) is 3. The number of hydrogen-bond acceptors (Lipinski definition) is 6. The van der Waals surface area contributed by atoms with Crippen LogP contribution in [0.25, 0.3) is 0 Å². The molecule has 1 unspecified atom stereocenters. The molecule has 1 spiro atoms. The zero-order valence-electron chi connectivity index (χ0n) is 20.0. The first-order valence-electron chi connectivity index (χ1n) is 13.1. The lowest BCUT2D eigenvalue weighted by Gasteiger charge is -2.63. The van der Waals surface area contributed by atoms with Crippen molar-refractivity contribution in [1.29, 1.82) is 0 Å². The first-order valence-corrected chi connectivity index (χ1v) is 13.1. The molecule has 3 aliphatic carbocycles. The molecule has 2 aromatic rings. The van der Waals surface area contributed by atoms with Crippen LogP contribution < -0.4 is 10.1 Å². The molecular formula is C29H31N3O3. The zero-order valence-corrected chi connectivity index (χ0v) is 20.0. The molecule has 0 aromatic heterocycles. The third-order valence-electron chi connectivity index (χ3n) is 9.67. The van der Waals surface area contributed by atoms with E-state index < -0.39 is 11.0 Å². The van der Waals surface area contributed by atoms with Crippen molar-refractivity contribution >= 4 is 5.84 Å². The minimum Gasteiger partial charge on any atom is -0.504 e. The van der Waals surface area contributed by atoms with Crippen molar-refractivity contribution in [2.75, 3.05) is 13.1 Å². The predicted octanol–water partition coefficient (Wildman–Crippen LogP) is 3.58. The predicted molar refractivity (Wildman–Crippen MR) is 133 cm³/mol. The van der Waals surface area contributed by atoms with Gasteiger partial charge < -0.3 is 20.3 Å². The van der Waals surface area contributed by atoms with Gasteiger partial charge in [0, 0.05) is 24.6 Å². The number of benzene rings is 2. The first-order chi connectivity index (χ1) is 17.0. The lowest BCUT2D eigenvalue weighted by molar-refractivity contribution is -0.167. The number of phenolic OH excluding ortho intramolecular Hbond substituents is 1. The van der Waals surface area contributed by atoms with E-state index in [1.807, 2.05) is 13.0 Å². The summed E-state index contributed by atoms with van der Waals surface area (Å²) in [5.74, 6) is 2.38. The molecule has 5 atom stereocenters. The van der Waals surface area contributed by atoms with E-state index >= 15 is 0 Å². The third kappa shape index (κ3) is 2.49. The van der Waals surface area contributed by atoms with Crippen molar-refractivity contribution in [1.82, 2.24) is 10.2 Å². The lowest BCUT2D eigenvalue weighted by atomic mass is 9.48. The van der Waals surface area contributed by atoms with Gasteiger partial charge >= 0.3 is 0 Å². The Labute approximate surface area is 205 Å². The Morgan fingerprint density at radius 3 is 2.80 bits per heavy atom. The van der Waals surface area contributed by atoms with Crippen LogP contribution in [0, 0.1) is 5.92 Å². The summed E-state index contributed by atoms with van der Waals surface area (Å²) in [4.78, 5) is 7.59. The molecule has 35 heavy (non-hydrogen) atoms. The SMILES string of the molecule is CC1=NC(c2ccccc2)C2=C(N1)[C@@H]1Oc3c(O)ccc4c3[C@@]13CCN(CC1CC1)[C@@H](C4)[C@]3(O)C2. The highest BCUT2D eigenvalue weighted by Crippen LogP contribution is 2.67. The van der Waals surface area contributed by atoms with Crippen molar-refractivity contribution in [3.63, 3.8) is 0 Å². The second kappa shape index (κ2) is 6.68. The molecule has 8 rings (SSSR count). The van der Waals surface area contributed by atoms with E-state index in [4.69, 9.17) is 9.73 Å². The fourth-order valence-corrected chi connectivity index (χ4v) is 8.02. The number of fused-ring (bicyclic) bond motifs is 1. The van der Waals surface area contributed by atoms with Crippen LogP contribution in [-0.4, -0.2) is 51.8 Å². The number of rotatable bonds is 3. The lowest BCUT2D eigenvalue weighted by Crippen LogP contribution is -2.76. The Bertz CT molecular complexity index is 1320. The highest BCUT2D eigenvalue weighted by Gasteiger charge is 2.73. The number of piperidine rings is 1. The average molecular weight is 470 g/mol. The number of ether oxygens (including phenoxy) is 1. The van der Waals surface area contributed by atoms with Crippen molar-refractivity contribution in [2.24, 2.45) is 10.9 Å². The number of phenols is 1. The molecule has 6 nitrogen and oxygen atoms in total. The van der Waals surface area contributed by atoms with Gasteiger partial charge in [0.1, 0.15) is 6.04 Å². The van der Waals surface area contributed by atoms with Crippen molar-refractivity contribution in [3.05, 3.63) is 70.4 Å². The van der Waals surface area contributed by atoms with Crippen molar-refractivity contribution in [2.45, 2.75) is 68.2 Å². The van der Waals surface area contributed by atoms with Gasteiger partial charge in [-0.2, -0.15) is 0 Å². The molecule has 1 saturated carbocycles. The summed E-state index contributed by atoms with van der Waals surface area (Å²) < 4.78 is 6.70. The van der Waals surface area contributed by atoms with E-state index in [2.05, 4.69) is 40.5 Å². The van der Waals surface area contributed by atoms with Gasteiger partial charge in [-0.3, -0.25) is 9.89 Å². The number of aromatic hydroxyl groups is 1. The molecule has 1 saturated heterocycles. The van der Waals surface area contributed by atoms with Gasteiger partial charge in [-0.05, 0) is 67.8 Å². The molecule has 6 aliphatic rings. The Kier molecular flexibility index (Phi) is 3.89. The van der Waals surface area contributed by atoms with Gasteiger partial charge in [-0.1, -0.05) is 36.4 Å². The second-order valence-corrected chi connectivity index (χ2v) is 11.5. The van der Waals surface area contributed by atoms with Gasteiger partial charge in [0.2, 0.25) is 0 Å². The fourth-order valence-electron chi connectivity index (χ4n) is 8.02. The largest absolute Gasteiger partial charge is 0.504 e. The van der Waals surface area contributed by atoms with Gasteiger partial charge in [0.05, 0.1) is 22.5 Å². The van der Waals surface area contributed by atoms with Crippen LogP contribution in [0.3, 0.4) is 0 Å².